The number of hydrogen-bond donors (Lipinski definition) is 3. The minimum Gasteiger partial charge on any atom is -0.396 e. The van der Waals surface area contributed by atoms with Crippen LogP contribution in [0.25, 0.3) is 11.0 Å². The van der Waals surface area contributed by atoms with E-state index in [1.54, 1.807) is 11.8 Å². The highest BCUT2D eigenvalue weighted by Gasteiger charge is 2.20. The molecule has 1 amide bonds. The van der Waals surface area contributed by atoms with Crippen LogP contribution in [0.4, 0.5) is 0 Å². The molecule has 1 unspecified atom stereocenters. The van der Waals surface area contributed by atoms with Crippen LogP contribution in [0.1, 0.15) is 24.4 Å². The molecule has 0 spiro atoms. The Hall–Kier alpha value is -1.79. The van der Waals surface area contributed by atoms with Crippen molar-refractivity contribution in [2.24, 2.45) is 5.92 Å². The fourth-order valence-electron chi connectivity index (χ4n) is 2.71. The average Bonchev–Trinajstić information content (AvgIpc) is 3.18. The summed E-state index contributed by atoms with van der Waals surface area (Å²) in [5, 5.41) is 12.2. The van der Waals surface area contributed by atoms with Gasteiger partial charge in [0.15, 0.2) is 0 Å². The summed E-state index contributed by atoms with van der Waals surface area (Å²) in [7, 11) is 0. The van der Waals surface area contributed by atoms with Crippen molar-refractivity contribution in [2.45, 2.75) is 24.6 Å². The zero-order chi connectivity index (χ0) is 16.2. The van der Waals surface area contributed by atoms with Crippen molar-refractivity contribution in [2.75, 3.05) is 12.4 Å². The lowest BCUT2D eigenvalue weighted by Gasteiger charge is -2.13. The first-order valence-corrected chi connectivity index (χ1v) is 8.85. The molecule has 23 heavy (non-hydrogen) atoms. The summed E-state index contributed by atoms with van der Waals surface area (Å²) in [4.78, 5) is 19.9. The summed E-state index contributed by atoms with van der Waals surface area (Å²) in [6.45, 7) is 2.19. The van der Waals surface area contributed by atoms with Gasteiger partial charge in [-0.05, 0) is 25.5 Å². The summed E-state index contributed by atoms with van der Waals surface area (Å²) >= 11 is 1.56. The predicted octanol–water partition coefficient (Wildman–Crippen LogP) is 2.41. The molecular weight excluding hydrogens is 310 g/mol. The van der Waals surface area contributed by atoms with Gasteiger partial charge >= 0.3 is 0 Å². The van der Waals surface area contributed by atoms with E-state index in [-0.39, 0.29) is 29.7 Å². The number of rotatable bonds is 6. The van der Waals surface area contributed by atoms with Gasteiger partial charge in [0.05, 0.1) is 22.0 Å². The second-order valence-electron chi connectivity index (χ2n) is 5.83. The van der Waals surface area contributed by atoms with Gasteiger partial charge in [-0.15, -0.1) is 11.8 Å². The molecule has 3 N–H and O–H groups in total. The van der Waals surface area contributed by atoms with Gasteiger partial charge in [0.1, 0.15) is 5.82 Å². The normalized spacial score (nSPS) is 21.7. The highest BCUT2D eigenvalue weighted by molar-refractivity contribution is 8.00. The number of thioether (sulfide) groups is 1. The van der Waals surface area contributed by atoms with E-state index in [1.807, 2.05) is 43.3 Å². The van der Waals surface area contributed by atoms with Crippen molar-refractivity contribution in [1.82, 2.24) is 15.3 Å². The van der Waals surface area contributed by atoms with Gasteiger partial charge in [0.2, 0.25) is 5.91 Å². The van der Waals surface area contributed by atoms with Crippen LogP contribution in [0.5, 0.6) is 0 Å². The van der Waals surface area contributed by atoms with E-state index in [9.17, 15) is 4.79 Å². The molecule has 1 aromatic heterocycles. The number of benzene rings is 1. The van der Waals surface area contributed by atoms with Gasteiger partial charge in [0, 0.05) is 18.6 Å². The predicted molar refractivity (Wildman–Crippen MR) is 93.2 cm³/mol. The lowest BCUT2D eigenvalue weighted by molar-refractivity contribution is -0.119. The summed E-state index contributed by atoms with van der Waals surface area (Å²) in [5.74, 6) is 1.48. The summed E-state index contributed by atoms with van der Waals surface area (Å²) < 4.78 is 0. The number of imidazole rings is 1. The molecule has 5 nitrogen and oxygen atoms in total. The molecule has 1 aromatic carbocycles. The number of aliphatic hydroxyl groups excluding tert-OH is 1. The number of fused-ring (bicyclic) bond motifs is 1. The first-order chi connectivity index (χ1) is 11.2. The van der Waals surface area contributed by atoms with Crippen molar-refractivity contribution in [1.29, 1.82) is 0 Å². The Morgan fingerprint density at radius 1 is 1.48 bits per heavy atom. The molecule has 2 aromatic rings. The SMILES string of the molecule is CC(SCC(=O)N[C@@H]1C=C[C@H](CO)C1)c1nc2ccccc2[nH]1. The lowest BCUT2D eigenvalue weighted by atomic mass is 10.1. The second-order valence-corrected chi connectivity index (χ2v) is 7.16. The molecule has 1 aliphatic carbocycles. The topological polar surface area (TPSA) is 78.0 Å². The molecule has 1 aliphatic rings. The number of aromatic amines is 1. The van der Waals surface area contributed by atoms with E-state index in [2.05, 4.69) is 15.3 Å². The maximum atomic E-state index is 12.0. The van der Waals surface area contributed by atoms with Crippen LogP contribution < -0.4 is 5.32 Å². The number of carbonyl (C=O) groups excluding carboxylic acids is 1. The molecule has 0 saturated heterocycles. The second kappa shape index (κ2) is 7.19. The average molecular weight is 331 g/mol. The standard InChI is InChI=1S/C17H21N3O2S/c1-11(17-19-14-4-2-3-5-15(14)20-17)23-10-16(22)18-13-7-6-12(8-13)9-21/h2-7,11-13,21H,8-10H2,1H3,(H,18,22)(H,19,20)/t11?,12-,13+/m0/s1. The van der Waals surface area contributed by atoms with Gasteiger partial charge in [-0.1, -0.05) is 24.3 Å². The molecule has 0 bridgehead atoms. The van der Waals surface area contributed by atoms with E-state index in [4.69, 9.17) is 5.11 Å². The molecule has 0 radical (unpaired) electrons. The van der Waals surface area contributed by atoms with Gasteiger partial charge in [-0.3, -0.25) is 4.79 Å². The van der Waals surface area contributed by atoms with E-state index >= 15 is 0 Å². The lowest BCUT2D eigenvalue weighted by Crippen LogP contribution is -2.34. The van der Waals surface area contributed by atoms with E-state index < -0.39 is 0 Å². The van der Waals surface area contributed by atoms with E-state index in [1.165, 1.54) is 0 Å². The first kappa shape index (κ1) is 16.1. The van der Waals surface area contributed by atoms with Crippen LogP contribution in [0.15, 0.2) is 36.4 Å². The molecule has 3 atom stereocenters. The molecule has 0 saturated carbocycles. The molecule has 0 fully saturated rings. The third-order valence-corrected chi connectivity index (χ3v) is 5.16. The van der Waals surface area contributed by atoms with Crippen LogP contribution in [0.2, 0.25) is 0 Å². The van der Waals surface area contributed by atoms with Crippen LogP contribution in [-0.4, -0.2) is 39.4 Å². The zero-order valence-electron chi connectivity index (χ0n) is 13.0. The van der Waals surface area contributed by atoms with Crippen LogP contribution in [0.3, 0.4) is 0 Å². The summed E-state index contributed by atoms with van der Waals surface area (Å²) in [5.41, 5.74) is 1.97. The van der Waals surface area contributed by atoms with Gasteiger partial charge in [-0.2, -0.15) is 0 Å². The van der Waals surface area contributed by atoms with Gasteiger partial charge in [-0.25, -0.2) is 4.98 Å². The Labute approximate surface area is 139 Å². The monoisotopic (exact) mass is 331 g/mol. The Bertz CT molecular complexity index is 680. The molecule has 0 aliphatic heterocycles. The first-order valence-electron chi connectivity index (χ1n) is 7.80. The van der Waals surface area contributed by atoms with Crippen molar-refractivity contribution in [3.63, 3.8) is 0 Å². The number of carbonyl (C=O) groups is 1. The largest absolute Gasteiger partial charge is 0.396 e. The van der Waals surface area contributed by atoms with Crippen molar-refractivity contribution >= 4 is 28.7 Å². The van der Waals surface area contributed by atoms with Crippen molar-refractivity contribution in [3.8, 4) is 0 Å². The molecular formula is C17H21N3O2S. The van der Waals surface area contributed by atoms with Crippen molar-refractivity contribution in [3.05, 3.63) is 42.2 Å². The number of nitrogens with one attached hydrogen (secondary N) is 2. The smallest absolute Gasteiger partial charge is 0.230 e. The van der Waals surface area contributed by atoms with Crippen LogP contribution >= 0.6 is 11.8 Å². The Morgan fingerprint density at radius 2 is 2.30 bits per heavy atom. The number of para-hydroxylation sites is 2. The highest BCUT2D eigenvalue weighted by Crippen LogP contribution is 2.27. The maximum absolute atomic E-state index is 12.0. The highest BCUT2D eigenvalue weighted by atomic mass is 32.2. The van der Waals surface area contributed by atoms with Gasteiger partial charge < -0.3 is 15.4 Å². The molecule has 1 heterocycles. The summed E-state index contributed by atoms with van der Waals surface area (Å²) in [6, 6.07) is 7.96. The quantitative estimate of drug-likeness (QED) is 0.710. The Morgan fingerprint density at radius 3 is 3.04 bits per heavy atom. The van der Waals surface area contributed by atoms with E-state index in [0.717, 1.165) is 23.3 Å². The number of H-pyrrole nitrogens is 1. The third kappa shape index (κ3) is 3.95. The minimum atomic E-state index is 0.0196. The molecule has 3 rings (SSSR count). The minimum absolute atomic E-state index is 0.0196. The number of nitrogens with zero attached hydrogens (tertiary/aromatic N) is 1. The van der Waals surface area contributed by atoms with Crippen LogP contribution in [0, 0.1) is 5.92 Å². The Balaban J connectivity index is 1.49. The van der Waals surface area contributed by atoms with Crippen LogP contribution in [-0.2, 0) is 4.79 Å². The number of amides is 1. The summed E-state index contributed by atoms with van der Waals surface area (Å²) in [6.07, 6.45) is 4.72. The van der Waals surface area contributed by atoms with Crippen molar-refractivity contribution < 1.29 is 9.90 Å². The maximum Gasteiger partial charge on any atom is 0.230 e. The Kier molecular flexibility index (Phi) is 5.03. The molecule has 6 heteroatoms. The van der Waals surface area contributed by atoms with Gasteiger partial charge in [0.25, 0.3) is 0 Å². The third-order valence-electron chi connectivity index (χ3n) is 4.01. The fraction of sp³-hybridized carbons (Fsp3) is 0.412. The number of aliphatic hydroxyl groups is 1. The zero-order valence-corrected chi connectivity index (χ0v) is 13.8. The fourth-order valence-corrected chi connectivity index (χ4v) is 3.46. The molecule has 122 valence electrons. The van der Waals surface area contributed by atoms with E-state index in [0.29, 0.717) is 5.75 Å². The number of hydrogen-bond acceptors (Lipinski definition) is 4. The number of aromatic nitrogens is 2.